The molecule has 15 heavy (non-hydrogen) atoms. The second-order valence-electron chi connectivity index (χ2n) is 3.59. The fraction of sp³-hybridized carbons (Fsp3) is 0.167. The van der Waals surface area contributed by atoms with Gasteiger partial charge in [-0.25, -0.2) is 4.98 Å². The van der Waals surface area contributed by atoms with E-state index in [1.54, 1.807) is 6.33 Å². The van der Waals surface area contributed by atoms with Crippen LogP contribution >= 0.6 is 0 Å². The average Bonchev–Trinajstić information content (AvgIpc) is 2.64. The van der Waals surface area contributed by atoms with Gasteiger partial charge in [0.2, 0.25) is 0 Å². The first-order chi connectivity index (χ1) is 7.20. The number of carbonyl (C=O) groups excluding carboxylic acids is 1. The van der Waals surface area contributed by atoms with Gasteiger partial charge in [0.15, 0.2) is 0 Å². The minimum Gasteiger partial charge on any atom is -0.306 e. The van der Waals surface area contributed by atoms with Crippen LogP contribution in [0.5, 0.6) is 0 Å². The zero-order valence-corrected chi connectivity index (χ0v) is 8.77. The summed E-state index contributed by atoms with van der Waals surface area (Å²) in [5.74, 6) is 0. The van der Waals surface area contributed by atoms with Gasteiger partial charge in [-0.2, -0.15) is 0 Å². The van der Waals surface area contributed by atoms with Crippen molar-refractivity contribution in [2.45, 2.75) is 13.8 Å². The molecule has 0 unspecified atom stereocenters. The van der Waals surface area contributed by atoms with E-state index < -0.39 is 0 Å². The van der Waals surface area contributed by atoms with Crippen LogP contribution in [0.25, 0.3) is 5.69 Å². The van der Waals surface area contributed by atoms with Crippen LogP contribution in [0.2, 0.25) is 0 Å². The Balaban J connectivity index is 2.49. The third-order valence-electron chi connectivity index (χ3n) is 2.35. The van der Waals surface area contributed by atoms with Gasteiger partial charge < -0.3 is 4.57 Å². The highest BCUT2D eigenvalue weighted by atomic mass is 16.1. The van der Waals surface area contributed by atoms with Gasteiger partial charge in [-0.15, -0.1) is 0 Å². The number of carbonyl (C=O) groups is 1. The Morgan fingerprint density at radius 1 is 1.33 bits per heavy atom. The zero-order valence-electron chi connectivity index (χ0n) is 8.77. The van der Waals surface area contributed by atoms with Gasteiger partial charge in [0, 0.05) is 17.4 Å². The lowest BCUT2D eigenvalue weighted by Crippen LogP contribution is -1.94. The lowest BCUT2D eigenvalue weighted by atomic mass is 10.1. The number of nitrogens with zero attached hydrogens (tertiary/aromatic N) is 2. The predicted octanol–water partition coefficient (Wildman–Crippen LogP) is 2.30. The number of aryl methyl sites for hydroxylation is 2. The molecule has 0 fully saturated rings. The van der Waals surface area contributed by atoms with Crippen molar-refractivity contribution < 1.29 is 4.79 Å². The Bertz CT molecular complexity index is 500. The molecule has 0 aliphatic carbocycles. The highest BCUT2D eigenvalue weighted by Gasteiger charge is 2.02. The highest BCUT2D eigenvalue weighted by molar-refractivity contribution is 5.75. The Morgan fingerprint density at radius 2 is 2.13 bits per heavy atom. The molecule has 0 N–H and O–H groups in total. The van der Waals surface area contributed by atoms with Crippen LogP contribution in [0.3, 0.4) is 0 Å². The van der Waals surface area contributed by atoms with Crippen molar-refractivity contribution in [1.29, 1.82) is 0 Å². The predicted molar refractivity (Wildman–Crippen MR) is 58.4 cm³/mol. The maximum atomic E-state index is 10.6. The van der Waals surface area contributed by atoms with Crippen molar-refractivity contribution in [3.05, 3.63) is 47.5 Å². The lowest BCUT2D eigenvalue weighted by Gasteiger charge is -2.06. The molecule has 1 aromatic carbocycles. The summed E-state index contributed by atoms with van der Waals surface area (Å²) in [4.78, 5) is 14.8. The SMILES string of the molecule is Cc1cn(-c2ccc(C=O)cc2C)cn1. The molecule has 0 spiro atoms. The van der Waals surface area contributed by atoms with E-state index in [1.807, 2.05) is 42.8 Å². The van der Waals surface area contributed by atoms with E-state index in [4.69, 9.17) is 0 Å². The maximum absolute atomic E-state index is 10.6. The van der Waals surface area contributed by atoms with Crippen LogP contribution in [-0.4, -0.2) is 15.8 Å². The summed E-state index contributed by atoms with van der Waals surface area (Å²) >= 11 is 0. The van der Waals surface area contributed by atoms with Gasteiger partial charge in [0.1, 0.15) is 6.29 Å². The monoisotopic (exact) mass is 200 g/mol. The van der Waals surface area contributed by atoms with E-state index in [-0.39, 0.29) is 0 Å². The van der Waals surface area contributed by atoms with E-state index in [9.17, 15) is 4.79 Å². The van der Waals surface area contributed by atoms with Crippen molar-refractivity contribution in [1.82, 2.24) is 9.55 Å². The fourth-order valence-corrected chi connectivity index (χ4v) is 1.59. The Labute approximate surface area is 88.4 Å². The van der Waals surface area contributed by atoms with Crippen LogP contribution in [0.15, 0.2) is 30.7 Å². The Kier molecular flexibility index (Phi) is 2.37. The number of hydrogen-bond acceptors (Lipinski definition) is 2. The molecular formula is C12H12N2O. The number of aromatic nitrogens is 2. The second kappa shape index (κ2) is 3.69. The summed E-state index contributed by atoms with van der Waals surface area (Å²) in [6.45, 7) is 3.93. The Morgan fingerprint density at radius 3 is 2.67 bits per heavy atom. The first-order valence-electron chi connectivity index (χ1n) is 4.77. The molecule has 0 bridgehead atoms. The quantitative estimate of drug-likeness (QED) is 0.697. The van der Waals surface area contributed by atoms with Crippen molar-refractivity contribution in [3.8, 4) is 5.69 Å². The summed E-state index contributed by atoms with van der Waals surface area (Å²) in [5.41, 5.74) is 3.81. The minimum atomic E-state index is 0.702. The van der Waals surface area contributed by atoms with Crippen LogP contribution < -0.4 is 0 Å². The standard InChI is InChI=1S/C12H12N2O/c1-9-5-11(7-15)3-4-12(9)14-6-10(2)13-8-14/h3-8H,1-2H3. The highest BCUT2D eigenvalue weighted by Crippen LogP contribution is 2.15. The fourth-order valence-electron chi connectivity index (χ4n) is 1.59. The molecule has 3 nitrogen and oxygen atoms in total. The van der Waals surface area contributed by atoms with Crippen molar-refractivity contribution in [2.75, 3.05) is 0 Å². The van der Waals surface area contributed by atoms with Crippen molar-refractivity contribution >= 4 is 6.29 Å². The lowest BCUT2D eigenvalue weighted by molar-refractivity contribution is 0.112. The summed E-state index contributed by atoms with van der Waals surface area (Å²) in [6, 6.07) is 5.61. The third kappa shape index (κ3) is 1.81. The molecule has 0 aliphatic heterocycles. The van der Waals surface area contributed by atoms with Gasteiger partial charge in [-0.1, -0.05) is 0 Å². The van der Waals surface area contributed by atoms with Crippen LogP contribution in [0, 0.1) is 13.8 Å². The van der Waals surface area contributed by atoms with Gasteiger partial charge in [0.25, 0.3) is 0 Å². The molecule has 3 heteroatoms. The number of hydrogen-bond donors (Lipinski definition) is 0. The molecule has 0 radical (unpaired) electrons. The molecule has 1 aromatic heterocycles. The van der Waals surface area contributed by atoms with Gasteiger partial charge >= 0.3 is 0 Å². The van der Waals surface area contributed by atoms with Gasteiger partial charge in [-0.05, 0) is 37.6 Å². The topological polar surface area (TPSA) is 34.9 Å². The summed E-state index contributed by atoms with van der Waals surface area (Å²) < 4.78 is 1.96. The Hall–Kier alpha value is -1.90. The maximum Gasteiger partial charge on any atom is 0.150 e. The molecule has 0 amide bonds. The number of benzene rings is 1. The van der Waals surface area contributed by atoms with Gasteiger partial charge in [-0.3, -0.25) is 4.79 Å². The largest absolute Gasteiger partial charge is 0.306 e. The molecular weight excluding hydrogens is 188 g/mol. The zero-order chi connectivity index (χ0) is 10.8. The number of imidazole rings is 1. The molecule has 76 valence electrons. The number of aldehydes is 1. The van der Waals surface area contributed by atoms with E-state index in [0.29, 0.717) is 5.56 Å². The molecule has 0 aliphatic rings. The second-order valence-corrected chi connectivity index (χ2v) is 3.59. The van der Waals surface area contributed by atoms with E-state index in [1.165, 1.54) is 0 Å². The van der Waals surface area contributed by atoms with E-state index >= 15 is 0 Å². The average molecular weight is 200 g/mol. The summed E-state index contributed by atoms with van der Waals surface area (Å²) in [5, 5.41) is 0. The molecule has 1 heterocycles. The van der Waals surface area contributed by atoms with Crippen molar-refractivity contribution in [3.63, 3.8) is 0 Å². The van der Waals surface area contributed by atoms with Crippen LogP contribution in [0.1, 0.15) is 21.6 Å². The normalized spacial score (nSPS) is 10.3. The minimum absolute atomic E-state index is 0.702. The number of rotatable bonds is 2. The van der Waals surface area contributed by atoms with E-state index in [2.05, 4.69) is 4.98 Å². The molecule has 2 rings (SSSR count). The summed E-state index contributed by atoms with van der Waals surface area (Å²) in [6.07, 6.45) is 4.59. The molecule has 0 atom stereocenters. The first kappa shape index (κ1) is 9.65. The van der Waals surface area contributed by atoms with Gasteiger partial charge in [0.05, 0.1) is 12.0 Å². The smallest absolute Gasteiger partial charge is 0.150 e. The first-order valence-corrected chi connectivity index (χ1v) is 4.77. The molecule has 2 aromatic rings. The summed E-state index contributed by atoms with van der Waals surface area (Å²) in [7, 11) is 0. The third-order valence-corrected chi connectivity index (χ3v) is 2.35. The van der Waals surface area contributed by atoms with Crippen molar-refractivity contribution in [2.24, 2.45) is 0 Å². The van der Waals surface area contributed by atoms with Crippen LogP contribution in [-0.2, 0) is 0 Å². The molecule has 0 saturated heterocycles. The van der Waals surface area contributed by atoms with E-state index in [0.717, 1.165) is 23.2 Å². The van der Waals surface area contributed by atoms with Crippen LogP contribution in [0.4, 0.5) is 0 Å². The molecule has 0 saturated carbocycles.